The third kappa shape index (κ3) is 5.09. The molecular formula is C15H26N2O3S. The van der Waals surface area contributed by atoms with E-state index in [4.69, 9.17) is 5.11 Å². The number of amides is 2. The minimum absolute atomic E-state index is 0.0828. The van der Waals surface area contributed by atoms with Gasteiger partial charge < -0.3 is 15.7 Å². The highest BCUT2D eigenvalue weighted by Crippen LogP contribution is 2.27. The van der Waals surface area contributed by atoms with Gasteiger partial charge in [-0.15, -0.1) is 0 Å². The van der Waals surface area contributed by atoms with Gasteiger partial charge in [-0.25, -0.2) is 4.79 Å². The van der Waals surface area contributed by atoms with Crippen LogP contribution in [0.25, 0.3) is 0 Å². The minimum atomic E-state index is -0.705. The smallest absolute Gasteiger partial charge is 0.315 e. The molecule has 0 saturated heterocycles. The Labute approximate surface area is 130 Å². The molecule has 0 radical (unpaired) electrons. The fourth-order valence-electron chi connectivity index (χ4n) is 3.39. The lowest BCUT2D eigenvalue weighted by molar-refractivity contribution is -0.142. The van der Waals surface area contributed by atoms with E-state index in [1.165, 1.54) is 12.8 Å². The Morgan fingerprint density at radius 1 is 1.00 bits per heavy atom. The number of hydrogen-bond donors (Lipinski definition) is 3. The van der Waals surface area contributed by atoms with E-state index in [0.717, 1.165) is 25.7 Å². The van der Waals surface area contributed by atoms with E-state index in [9.17, 15) is 9.59 Å². The number of nitrogens with one attached hydrogen (secondary N) is 2. The maximum Gasteiger partial charge on any atom is 0.315 e. The number of carbonyl (C=O) groups excluding carboxylic acids is 1. The topological polar surface area (TPSA) is 78.4 Å². The Balaban J connectivity index is 1.69. The van der Waals surface area contributed by atoms with Gasteiger partial charge in [0.25, 0.3) is 0 Å². The summed E-state index contributed by atoms with van der Waals surface area (Å²) < 4.78 is 0. The molecule has 21 heavy (non-hydrogen) atoms. The molecule has 0 heterocycles. The number of hydrogen-bond acceptors (Lipinski definition) is 3. The van der Waals surface area contributed by atoms with Gasteiger partial charge in [-0.3, -0.25) is 4.79 Å². The third-order valence-corrected chi connectivity index (χ3v) is 5.80. The molecule has 0 aliphatic heterocycles. The van der Waals surface area contributed by atoms with Crippen molar-refractivity contribution in [2.24, 2.45) is 5.92 Å². The van der Waals surface area contributed by atoms with Crippen molar-refractivity contribution in [3.63, 3.8) is 0 Å². The van der Waals surface area contributed by atoms with Crippen LogP contribution in [0.3, 0.4) is 0 Å². The van der Waals surface area contributed by atoms with Crippen molar-refractivity contribution in [3.8, 4) is 0 Å². The molecule has 3 N–H and O–H groups in total. The third-order valence-electron chi connectivity index (χ3n) is 4.71. The molecule has 120 valence electrons. The quantitative estimate of drug-likeness (QED) is 0.745. The fourth-order valence-corrected chi connectivity index (χ4v) is 4.21. The van der Waals surface area contributed by atoms with Crippen LogP contribution in [0.5, 0.6) is 0 Å². The van der Waals surface area contributed by atoms with Gasteiger partial charge in [0, 0.05) is 17.3 Å². The maximum absolute atomic E-state index is 12.0. The predicted molar refractivity (Wildman–Crippen MR) is 84.6 cm³/mol. The number of rotatable bonds is 4. The highest BCUT2D eigenvalue weighted by Gasteiger charge is 2.28. The summed E-state index contributed by atoms with van der Waals surface area (Å²) in [5.41, 5.74) is 0. The summed E-state index contributed by atoms with van der Waals surface area (Å²) >= 11 is 1.89. The SMILES string of the molecule is CSC1CCCC(NC(=O)NC2CCC(C(=O)O)CC2)C1. The Hall–Kier alpha value is -0.910. The molecule has 0 aromatic carbocycles. The monoisotopic (exact) mass is 314 g/mol. The molecule has 2 atom stereocenters. The first-order chi connectivity index (χ1) is 10.1. The van der Waals surface area contributed by atoms with Crippen molar-refractivity contribution in [2.75, 3.05) is 6.26 Å². The van der Waals surface area contributed by atoms with Crippen molar-refractivity contribution in [1.82, 2.24) is 10.6 Å². The van der Waals surface area contributed by atoms with Crippen LogP contribution in [0.4, 0.5) is 4.79 Å². The molecule has 2 rings (SSSR count). The van der Waals surface area contributed by atoms with Gasteiger partial charge in [-0.05, 0) is 51.2 Å². The van der Waals surface area contributed by atoms with E-state index in [-0.39, 0.29) is 24.0 Å². The van der Waals surface area contributed by atoms with Gasteiger partial charge in [-0.1, -0.05) is 6.42 Å². The summed E-state index contributed by atoms with van der Waals surface area (Å²) in [6.45, 7) is 0. The summed E-state index contributed by atoms with van der Waals surface area (Å²) in [6, 6.07) is 0.327. The molecule has 6 heteroatoms. The number of carbonyl (C=O) groups is 2. The molecule has 0 aromatic heterocycles. The lowest BCUT2D eigenvalue weighted by Gasteiger charge is -2.31. The first-order valence-corrected chi connectivity index (χ1v) is 9.20. The molecular weight excluding hydrogens is 288 g/mol. The van der Waals surface area contributed by atoms with Crippen LogP contribution in [-0.2, 0) is 4.79 Å². The molecule has 2 fully saturated rings. The first kappa shape index (κ1) is 16.5. The van der Waals surface area contributed by atoms with Crippen molar-refractivity contribution >= 4 is 23.8 Å². The van der Waals surface area contributed by atoms with Gasteiger partial charge in [0.2, 0.25) is 0 Å². The second-order valence-electron chi connectivity index (χ2n) is 6.23. The van der Waals surface area contributed by atoms with Crippen molar-refractivity contribution in [3.05, 3.63) is 0 Å². The second kappa shape index (κ2) is 7.92. The zero-order valence-corrected chi connectivity index (χ0v) is 13.5. The van der Waals surface area contributed by atoms with Crippen LogP contribution in [0.1, 0.15) is 51.4 Å². The Kier molecular flexibility index (Phi) is 6.21. The van der Waals surface area contributed by atoms with E-state index >= 15 is 0 Å². The Morgan fingerprint density at radius 2 is 1.67 bits per heavy atom. The molecule has 0 bridgehead atoms. The Morgan fingerprint density at radius 3 is 2.29 bits per heavy atom. The number of urea groups is 1. The number of aliphatic carboxylic acids is 1. The summed E-state index contributed by atoms with van der Waals surface area (Å²) in [5.74, 6) is -0.935. The number of thioether (sulfide) groups is 1. The number of carboxylic acid groups (broad SMARTS) is 1. The van der Waals surface area contributed by atoms with Crippen molar-refractivity contribution in [1.29, 1.82) is 0 Å². The molecule has 0 spiro atoms. The molecule has 2 aliphatic rings. The zero-order valence-electron chi connectivity index (χ0n) is 12.6. The standard InChI is InChI=1S/C15H26N2O3S/c1-21-13-4-2-3-12(9-13)17-15(20)16-11-7-5-10(6-8-11)14(18)19/h10-13H,2-9H2,1H3,(H,18,19)(H2,16,17,20). The second-order valence-corrected chi connectivity index (χ2v) is 7.36. The van der Waals surface area contributed by atoms with Crippen molar-refractivity contribution in [2.45, 2.75) is 68.7 Å². The van der Waals surface area contributed by atoms with E-state index in [0.29, 0.717) is 18.1 Å². The molecule has 2 saturated carbocycles. The zero-order chi connectivity index (χ0) is 15.2. The average Bonchev–Trinajstić information content (AvgIpc) is 2.47. The van der Waals surface area contributed by atoms with Crippen LogP contribution >= 0.6 is 11.8 Å². The number of carboxylic acids is 1. The predicted octanol–water partition coefficient (Wildman–Crippen LogP) is 2.60. The van der Waals surface area contributed by atoms with Crippen molar-refractivity contribution < 1.29 is 14.7 Å². The summed E-state index contributed by atoms with van der Waals surface area (Å²) in [6.07, 6.45) is 9.55. The largest absolute Gasteiger partial charge is 0.481 e. The van der Waals surface area contributed by atoms with Crippen LogP contribution < -0.4 is 10.6 Å². The van der Waals surface area contributed by atoms with E-state index in [1.807, 2.05) is 11.8 Å². The van der Waals surface area contributed by atoms with Crippen LogP contribution in [0.2, 0.25) is 0 Å². The van der Waals surface area contributed by atoms with Crippen LogP contribution in [0.15, 0.2) is 0 Å². The molecule has 5 nitrogen and oxygen atoms in total. The normalized spacial score (nSPS) is 33.2. The lowest BCUT2D eigenvalue weighted by atomic mass is 9.86. The maximum atomic E-state index is 12.0. The minimum Gasteiger partial charge on any atom is -0.481 e. The first-order valence-electron chi connectivity index (χ1n) is 7.91. The van der Waals surface area contributed by atoms with E-state index in [2.05, 4.69) is 16.9 Å². The summed E-state index contributed by atoms with van der Waals surface area (Å²) in [7, 11) is 0. The van der Waals surface area contributed by atoms with Gasteiger partial charge >= 0.3 is 12.0 Å². The molecule has 2 amide bonds. The van der Waals surface area contributed by atoms with Gasteiger partial charge in [0.1, 0.15) is 0 Å². The van der Waals surface area contributed by atoms with Gasteiger partial charge in [0.05, 0.1) is 5.92 Å². The fraction of sp³-hybridized carbons (Fsp3) is 0.867. The summed E-state index contributed by atoms with van der Waals surface area (Å²) in [5, 5.41) is 15.7. The van der Waals surface area contributed by atoms with Gasteiger partial charge in [0.15, 0.2) is 0 Å². The average molecular weight is 314 g/mol. The highest BCUT2D eigenvalue weighted by molar-refractivity contribution is 7.99. The lowest BCUT2D eigenvalue weighted by Crippen LogP contribution is -2.48. The summed E-state index contributed by atoms with van der Waals surface area (Å²) in [4.78, 5) is 22.9. The van der Waals surface area contributed by atoms with Crippen LogP contribution in [0, 0.1) is 5.92 Å². The molecule has 2 aliphatic carbocycles. The van der Waals surface area contributed by atoms with E-state index < -0.39 is 5.97 Å². The Bertz CT molecular complexity index is 370. The molecule has 0 aromatic rings. The van der Waals surface area contributed by atoms with Gasteiger partial charge in [-0.2, -0.15) is 11.8 Å². The molecule has 2 unspecified atom stereocenters. The highest BCUT2D eigenvalue weighted by atomic mass is 32.2. The van der Waals surface area contributed by atoms with E-state index in [1.54, 1.807) is 0 Å². The van der Waals surface area contributed by atoms with Crippen LogP contribution in [-0.4, -0.2) is 40.7 Å².